The van der Waals surface area contributed by atoms with Crippen LogP contribution >= 0.6 is 0 Å². The summed E-state index contributed by atoms with van der Waals surface area (Å²) in [6.45, 7) is 4.42. The van der Waals surface area contributed by atoms with Crippen LogP contribution in [0.5, 0.6) is 11.5 Å². The summed E-state index contributed by atoms with van der Waals surface area (Å²) < 4.78 is 39.4. The second-order valence-corrected chi connectivity index (χ2v) is 9.38. The number of benzene rings is 2. The van der Waals surface area contributed by atoms with Crippen molar-refractivity contribution in [2.75, 3.05) is 32.6 Å². The van der Waals surface area contributed by atoms with Gasteiger partial charge in [-0.15, -0.1) is 0 Å². The molecule has 0 aliphatic rings. The smallest absolute Gasteiger partial charge is 0.243 e. The summed E-state index contributed by atoms with van der Waals surface area (Å²) in [5.74, 6) is 1.65. The third-order valence-electron chi connectivity index (χ3n) is 5.55. The molecule has 3 rings (SSSR count). The van der Waals surface area contributed by atoms with E-state index in [4.69, 9.17) is 9.47 Å². The summed E-state index contributed by atoms with van der Waals surface area (Å²) in [6.07, 6.45) is 0.602. The van der Waals surface area contributed by atoms with Gasteiger partial charge in [-0.05, 0) is 30.3 Å². The minimum absolute atomic E-state index is 0.185. The number of rotatable bonds is 10. The standard InChI is InChI=1S/C23H30N4O5S/c1-6-27(7-2)33(29,30)17-9-11-20-19(15-17)24-22(26(20)3)12-13-23(28)25-18-10-8-16(31-4)14-21(18)32-5/h8-11,14-15H,6-7,12-13H2,1-5H3,(H,25,28). The Labute approximate surface area is 194 Å². The fourth-order valence-corrected chi connectivity index (χ4v) is 5.14. The van der Waals surface area contributed by atoms with E-state index in [1.165, 1.54) is 11.4 Å². The molecular weight excluding hydrogens is 444 g/mol. The number of nitrogens with zero attached hydrogens (tertiary/aromatic N) is 3. The summed E-state index contributed by atoms with van der Waals surface area (Å²) in [5, 5.41) is 2.85. The highest BCUT2D eigenvalue weighted by molar-refractivity contribution is 7.89. The minimum Gasteiger partial charge on any atom is -0.497 e. The van der Waals surface area contributed by atoms with Gasteiger partial charge in [0.05, 0.1) is 35.8 Å². The van der Waals surface area contributed by atoms with Gasteiger partial charge in [0.1, 0.15) is 17.3 Å². The van der Waals surface area contributed by atoms with Crippen LogP contribution in [0.25, 0.3) is 11.0 Å². The first-order chi connectivity index (χ1) is 15.7. The van der Waals surface area contributed by atoms with Crippen molar-refractivity contribution in [3.63, 3.8) is 0 Å². The van der Waals surface area contributed by atoms with Crippen molar-refractivity contribution in [2.24, 2.45) is 7.05 Å². The monoisotopic (exact) mass is 474 g/mol. The third kappa shape index (κ3) is 5.12. The van der Waals surface area contributed by atoms with Crippen LogP contribution in [-0.4, -0.2) is 55.5 Å². The molecule has 1 amide bonds. The van der Waals surface area contributed by atoms with E-state index in [9.17, 15) is 13.2 Å². The van der Waals surface area contributed by atoms with Crippen LogP contribution in [0.1, 0.15) is 26.1 Å². The number of ether oxygens (including phenoxy) is 2. The van der Waals surface area contributed by atoms with Gasteiger partial charge in [-0.2, -0.15) is 4.31 Å². The van der Waals surface area contributed by atoms with Gasteiger partial charge in [0.25, 0.3) is 0 Å². The molecule has 0 saturated carbocycles. The Morgan fingerprint density at radius 3 is 2.45 bits per heavy atom. The molecule has 0 fully saturated rings. The summed E-state index contributed by atoms with van der Waals surface area (Å²) in [6, 6.07) is 10.1. The van der Waals surface area contributed by atoms with Crippen molar-refractivity contribution in [1.82, 2.24) is 13.9 Å². The van der Waals surface area contributed by atoms with Gasteiger partial charge >= 0.3 is 0 Å². The van der Waals surface area contributed by atoms with Crippen LogP contribution in [-0.2, 0) is 28.3 Å². The molecule has 10 heteroatoms. The highest BCUT2D eigenvalue weighted by atomic mass is 32.2. The Hall–Kier alpha value is -3.11. The zero-order valence-corrected chi connectivity index (χ0v) is 20.4. The fourth-order valence-electron chi connectivity index (χ4n) is 3.67. The fraction of sp³-hybridized carbons (Fsp3) is 0.391. The van der Waals surface area contributed by atoms with Gasteiger partial charge in [-0.3, -0.25) is 4.79 Å². The molecule has 0 saturated heterocycles. The van der Waals surface area contributed by atoms with Crippen molar-refractivity contribution in [1.29, 1.82) is 0 Å². The van der Waals surface area contributed by atoms with Crippen LogP contribution in [0.3, 0.4) is 0 Å². The van der Waals surface area contributed by atoms with E-state index in [1.54, 1.807) is 43.5 Å². The van der Waals surface area contributed by atoms with Crippen LogP contribution in [0, 0.1) is 0 Å². The first-order valence-electron chi connectivity index (χ1n) is 10.7. The summed E-state index contributed by atoms with van der Waals surface area (Å²) in [4.78, 5) is 17.3. The summed E-state index contributed by atoms with van der Waals surface area (Å²) in [5.41, 5.74) is 1.94. The topological polar surface area (TPSA) is 103 Å². The van der Waals surface area contributed by atoms with Crippen molar-refractivity contribution in [3.8, 4) is 11.5 Å². The molecule has 2 aromatic carbocycles. The SMILES string of the molecule is CCN(CC)S(=O)(=O)c1ccc2c(c1)nc(CCC(=O)Nc1ccc(OC)cc1OC)n2C. The normalized spacial score (nSPS) is 11.7. The first kappa shape index (κ1) is 24.5. The molecule has 0 spiro atoms. The number of carbonyl (C=O) groups is 1. The number of carbonyl (C=O) groups excluding carboxylic acids is 1. The van der Waals surface area contributed by atoms with Gasteiger partial charge in [-0.25, -0.2) is 13.4 Å². The largest absolute Gasteiger partial charge is 0.497 e. The number of sulfonamides is 1. The zero-order chi connectivity index (χ0) is 24.2. The molecule has 1 aromatic heterocycles. The lowest BCUT2D eigenvalue weighted by Crippen LogP contribution is -2.30. The Kier molecular flexibility index (Phi) is 7.60. The van der Waals surface area contributed by atoms with E-state index < -0.39 is 10.0 Å². The molecular formula is C23H30N4O5S. The van der Waals surface area contributed by atoms with Crippen molar-refractivity contribution < 1.29 is 22.7 Å². The number of fused-ring (bicyclic) bond motifs is 1. The van der Waals surface area contributed by atoms with Crippen LogP contribution < -0.4 is 14.8 Å². The van der Waals surface area contributed by atoms with Gasteiger partial charge in [0.15, 0.2) is 0 Å². The lowest BCUT2D eigenvalue weighted by molar-refractivity contribution is -0.116. The maximum atomic E-state index is 12.8. The lowest BCUT2D eigenvalue weighted by atomic mass is 10.2. The molecule has 9 nitrogen and oxygen atoms in total. The molecule has 0 aliphatic heterocycles. The van der Waals surface area contributed by atoms with E-state index in [1.807, 2.05) is 25.5 Å². The third-order valence-corrected chi connectivity index (χ3v) is 7.59. The van der Waals surface area contributed by atoms with E-state index in [2.05, 4.69) is 10.3 Å². The number of amides is 1. The molecule has 1 N–H and O–H groups in total. The lowest BCUT2D eigenvalue weighted by Gasteiger charge is -2.18. The highest BCUT2D eigenvalue weighted by Gasteiger charge is 2.23. The maximum Gasteiger partial charge on any atom is 0.243 e. The van der Waals surface area contributed by atoms with Gasteiger partial charge in [0.2, 0.25) is 15.9 Å². The molecule has 0 atom stereocenters. The summed E-state index contributed by atoms with van der Waals surface area (Å²) >= 11 is 0. The number of nitrogens with one attached hydrogen (secondary N) is 1. The van der Waals surface area contributed by atoms with E-state index in [0.29, 0.717) is 48.0 Å². The maximum absolute atomic E-state index is 12.8. The number of methoxy groups -OCH3 is 2. The number of aromatic nitrogens is 2. The van der Waals surface area contributed by atoms with Crippen LogP contribution in [0.15, 0.2) is 41.3 Å². The second kappa shape index (κ2) is 10.2. The average Bonchev–Trinajstić information content (AvgIpc) is 3.13. The van der Waals surface area contributed by atoms with E-state index >= 15 is 0 Å². The molecule has 178 valence electrons. The van der Waals surface area contributed by atoms with Crippen molar-refractivity contribution in [2.45, 2.75) is 31.6 Å². The Morgan fingerprint density at radius 1 is 1.09 bits per heavy atom. The van der Waals surface area contributed by atoms with E-state index in [-0.39, 0.29) is 17.2 Å². The van der Waals surface area contributed by atoms with Crippen LogP contribution in [0.4, 0.5) is 5.69 Å². The van der Waals surface area contributed by atoms with Gasteiger partial charge in [0, 0.05) is 39.0 Å². The highest BCUT2D eigenvalue weighted by Crippen LogP contribution is 2.29. The van der Waals surface area contributed by atoms with Gasteiger partial charge < -0.3 is 19.4 Å². The van der Waals surface area contributed by atoms with Gasteiger partial charge in [-0.1, -0.05) is 13.8 Å². The number of anilines is 1. The molecule has 0 bridgehead atoms. The summed E-state index contributed by atoms with van der Waals surface area (Å²) in [7, 11) is 1.37. The average molecular weight is 475 g/mol. The Morgan fingerprint density at radius 2 is 1.82 bits per heavy atom. The predicted molar refractivity (Wildman–Crippen MR) is 127 cm³/mol. The number of hydrogen-bond donors (Lipinski definition) is 1. The number of imidazole rings is 1. The Bertz CT molecular complexity index is 1250. The predicted octanol–water partition coefficient (Wildman–Crippen LogP) is 3.19. The minimum atomic E-state index is -3.57. The molecule has 0 radical (unpaired) electrons. The number of hydrogen-bond acceptors (Lipinski definition) is 6. The Balaban J connectivity index is 1.76. The second-order valence-electron chi connectivity index (χ2n) is 7.44. The molecule has 0 unspecified atom stereocenters. The van der Waals surface area contributed by atoms with E-state index in [0.717, 1.165) is 5.52 Å². The van der Waals surface area contributed by atoms with Crippen molar-refractivity contribution >= 4 is 32.7 Å². The molecule has 0 aliphatic carbocycles. The van der Waals surface area contributed by atoms with Crippen molar-refractivity contribution in [3.05, 3.63) is 42.2 Å². The number of aryl methyl sites for hydroxylation is 2. The van der Waals surface area contributed by atoms with Crippen LogP contribution in [0.2, 0.25) is 0 Å². The molecule has 1 heterocycles. The zero-order valence-electron chi connectivity index (χ0n) is 19.6. The quantitative estimate of drug-likeness (QED) is 0.484. The molecule has 33 heavy (non-hydrogen) atoms. The molecule has 3 aromatic rings. The first-order valence-corrected chi connectivity index (χ1v) is 12.2.